The van der Waals surface area contributed by atoms with E-state index in [0.717, 1.165) is 45.0 Å². The lowest BCUT2D eigenvalue weighted by atomic mass is 9.80. The van der Waals surface area contributed by atoms with E-state index in [1.54, 1.807) is 0 Å². The predicted molar refractivity (Wildman–Crippen MR) is 230 cm³/mol. The molecule has 0 aliphatic heterocycles. The quantitative estimate of drug-likeness (QED) is 0.172. The summed E-state index contributed by atoms with van der Waals surface area (Å²) in [5.41, 5.74) is 17.5. The van der Waals surface area contributed by atoms with Crippen molar-refractivity contribution in [2.75, 3.05) is 0 Å². The molecule has 55 heavy (non-hydrogen) atoms. The fraction of sp³-hybridized carbons (Fsp3) is 0.0566. The second kappa shape index (κ2) is 13.2. The minimum absolute atomic E-state index is 0.0925. The Hall–Kier alpha value is -6.90. The molecule has 2 heteroatoms. The van der Waals surface area contributed by atoms with Crippen LogP contribution in [0.5, 0.6) is 0 Å². The average Bonchev–Trinajstić information content (AvgIpc) is 3.48. The standard InChI is InChI=1S/C53H38N2/c1-53(2)48-23-12-11-22-44(48)47-32-45(42-29-26-35-14-9-10-19-40(35)30-42)46(33-49(47)53)37-27-24-36(25-28-37)41-20-13-21-43(31-41)51-34-50(38-15-5-3-6-16-38)54-52(55-51)39-17-7-4-8-18-39/h3-34H,1-2H3. The van der Waals surface area contributed by atoms with Gasteiger partial charge in [0.25, 0.3) is 0 Å². The lowest BCUT2D eigenvalue weighted by Gasteiger charge is -2.23. The van der Waals surface area contributed by atoms with Gasteiger partial charge in [0.05, 0.1) is 11.4 Å². The van der Waals surface area contributed by atoms with E-state index in [-0.39, 0.29) is 5.41 Å². The zero-order valence-corrected chi connectivity index (χ0v) is 30.9. The summed E-state index contributed by atoms with van der Waals surface area (Å²) < 4.78 is 0. The lowest BCUT2D eigenvalue weighted by molar-refractivity contribution is 0.660. The summed E-state index contributed by atoms with van der Waals surface area (Å²) in [6, 6.07) is 69.8. The Bertz CT molecular complexity index is 2810. The Morgan fingerprint density at radius 2 is 0.891 bits per heavy atom. The van der Waals surface area contributed by atoms with Gasteiger partial charge in [-0.3, -0.25) is 0 Å². The van der Waals surface area contributed by atoms with E-state index in [0.29, 0.717) is 0 Å². The van der Waals surface area contributed by atoms with Crippen LogP contribution in [0.15, 0.2) is 194 Å². The summed E-state index contributed by atoms with van der Waals surface area (Å²) >= 11 is 0. The molecule has 1 aliphatic carbocycles. The first kappa shape index (κ1) is 32.7. The van der Waals surface area contributed by atoms with Crippen LogP contribution in [0, 0.1) is 0 Å². The fourth-order valence-corrected chi connectivity index (χ4v) is 8.35. The molecule has 260 valence electrons. The number of nitrogens with zero attached hydrogens (tertiary/aromatic N) is 2. The van der Waals surface area contributed by atoms with Crippen molar-refractivity contribution < 1.29 is 0 Å². The van der Waals surface area contributed by atoms with E-state index in [1.807, 2.05) is 24.3 Å². The molecule has 0 unspecified atom stereocenters. The maximum atomic E-state index is 5.09. The summed E-state index contributed by atoms with van der Waals surface area (Å²) in [4.78, 5) is 10.1. The van der Waals surface area contributed by atoms with Gasteiger partial charge in [0.15, 0.2) is 5.82 Å². The van der Waals surface area contributed by atoms with Gasteiger partial charge in [-0.05, 0) is 96.7 Å². The van der Waals surface area contributed by atoms with Crippen LogP contribution in [0.1, 0.15) is 25.0 Å². The van der Waals surface area contributed by atoms with Crippen molar-refractivity contribution in [3.8, 4) is 78.4 Å². The molecule has 0 saturated heterocycles. The molecule has 0 amide bonds. The Balaban J connectivity index is 1.06. The molecular formula is C53H38N2. The van der Waals surface area contributed by atoms with Crippen molar-refractivity contribution in [2.45, 2.75) is 19.3 Å². The van der Waals surface area contributed by atoms with Gasteiger partial charge >= 0.3 is 0 Å². The van der Waals surface area contributed by atoms with Gasteiger partial charge in [-0.2, -0.15) is 0 Å². The summed E-state index contributed by atoms with van der Waals surface area (Å²) in [7, 11) is 0. The van der Waals surface area contributed by atoms with Gasteiger partial charge in [0, 0.05) is 22.1 Å². The van der Waals surface area contributed by atoms with Crippen molar-refractivity contribution in [2.24, 2.45) is 0 Å². The second-order valence-corrected chi connectivity index (χ2v) is 15.0. The molecule has 0 fully saturated rings. The summed E-state index contributed by atoms with van der Waals surface area (Å²) in [5.74, 6) is 0.717. The lowest BCUT2D eigenvalue weighted by Crippen LogP contribution is -2.15. The zero-order valence-electron chi connectivity index (χ0n) is 30.9. The highest BCUT2D eigenvalue weighted by Crippen LogP contribution is 2.52. The van der Waals surface area contributed by atoms with Crippen LogP contribution in [0.25, 0.3) is 89.2 Å². The minimum Gasteiger partial charge on any atom is -0.228 e. The van der Waals surface area contributed by atoms with Crippen LogP contribution in [0.2, 0.25) is 0 Å². The number of hydrogen-bond donors (Lipinski definition) is 0. The van der Waals surface area contributed by atoms with Gasteiger partial charge < -0.3 is 0 Å². The second-order valence-electron chi connectivity index (χ2n) is 15.0. The van der Waals surface area contributed by atoms with E-state index < -0.39 is 0 Å². The van der Waals surface area contributed by atoms with Crippen LogP contribution in [-0.2, 0) is 5.41 Å². The van der Waals surface area contributed by atoms with Crippen molar-refractivity contribution in [3.05, 3.63) is 205 Å². The smallest absolute Gasteiger partial charge is 0.160 e. The molecule has 8 aromatic carbocycles. The Morgan fingerprint density at radius 1 is 0.309 bits per heavy atom. The van der Waals surface area contributed by atoms with Crippen LogP contribution in [0.3, 0.4) is 0 Å². The Labute approximate surface area is 322 Å². The number of aromatic nitrogens is 2. The van der Waals surface area contributed by atoms with E-state index >= 15 is 0 Å². The highest BCUT2D eigenvalue weighted by atomic mass is 14.9. The maximum absolute atomic E-state index is 5.09. The van der Waals surface area contributed by atoms with Crippen molar-refractivity contribution in [1.29, 1.82) is 0 Å². The predicted octanol–water partition coefficient (Wildman–Crippen LogP) is 13.9. The van der Waals surface area contributed by atoms with Crippen molar-refractivity contribution in [3.63, 3.8) is 0 Å². The topological polar surface area (TPSA) is 25.8 Å². The third-order valence-corrected chi connectivity index (χ3v) is 11.3. The molecule has 1 aliphatic rings. The molecule has 0 N–H and O–H groups in total. The third kappa shape index (κ3) is 5.84. The van der Waals surface area contributed by atoms with Crippen molar-refractivity contribution in [1.82, 2.24) is 9.97 Å². The van der Waals surface area contributed by atoms with E-state index in [2.05, 4.69) is 184 Å². The monoisotopic (exact) mass is 702 g/mol. The maximum Gasteiger partial charge on any atom is 0.160 e. The molecule has 1 heterocycles. The number of rotatable bonds is 6. The van der Waals surface area contributed by atoms with Gasteiger partial charge in [-0.15, -0.1) is 0 Å². The van der Waals surface area contributed by atoms with Gasteiger partial charge in [-0.1, -0.05) is 178 Å². The van der Waals surface area contributed by atoms with Crippen LogP contribution < -0.4 is 0 Å². The molecule has 9 aromatic rings. The van der Waals surface area contributed by atoms with Crippen LogP contribution in [0.4, 0.5) is 0 Å². The molecule has 1 aromatic heterocycles. The number of fused-ring (bicyclic) bond motifs is 4. The molecule has 0 saturated carbocycles. The summed E-state index contributed by atoms with van der Waals surface area (Å²) in [6.45, 7) is 4.72. The van der Waals surface area contributed by atoms with Crippen molar-refractivity contribution >= 4 is 10.8 Å². The van der Waals surface area contributed by atoms with E-state index in [9.17, 15) is 0 Å². The molecular weight excluding hydrogens is 665 g/mol. The number of hydrogen-bond acceptors (Lipinski definition) is 2. The minimum atomic E-state index is -0.0925. The SMILES string of the molecule is CC1(C)c2ccccc2-c2cc(-c3ccc4ccccc4c3)c(-c3ccc(-c4cccc(-c5cc(-c6ccccc6)nc(-c6ccccc6)n5)c4)cc3)cc21. The molecule has 10 rings (SSSR count). The highest BCUT2D eigenvalue weighted by molar-refractivity contribution is 5.96. The first-order valence-corrected chi connectivity index (χ1v) is 19.0. The first-order chi connectivity index (χ1) is 27.0. The molecule has 0 radical (unpaired) electrons. The molecule has 0 bridgehead atoms. The van der Waals surface area contributed by atoms with E-state index in [4.69, 9.17) is 9.97 Å². The highest BCUT2D eigenvalue weighted by Gasteiger charge is 2.36. The van der Waals surface area contributed by atoms with Gasteiger partial charge in [-0.25, -0.2) is 9.97 Å². The van der Waals surface area contributed by atoms with Gasteiger partial charge in [0.2, 0.25) is 0 Å². The largest absolute Gasteiger partial charge is 0.228 e. The fourth-order valence-electron chi connectivity index (χ4n) is 8.35. The normalized spacial score (nSPS) is 12.7. The summed E-state index contributed by atoms with van der Waals surface area (Å²) in [6.07, 6.45) is 0. The van der Waals surface area contributed by atoms with E-state index in [1.165, 1.54) is 55.3 Å². The summed E-state index contributed by atoms with van der Waals surface area (Å²) in [5, 5.41) is 2.50. The van der Waals surface area contributed by atoms with Gasteiger partial charge in [0.1, 0.15) is 0 Å². The van der Waals surface area contributed by atoms with Crippen LogP contribution in [-0.4, -0.2) is 9.97 Å². The first-order valence-electron chi connectivity index (χ1n) is 19.0. The molecule has 2 nitrogen and oxygen atoms in total. The number of benzene rings is 8. The third-order valence-electron chi connectivity index (χ3n) is 11.3. The Kier molecular flexibility index (Phi) is 7.85. The average molecular weight is 703 g/mol. The zero-order chi connectivity index (χ0) is 36.9. The Morgan fingerprint density at radius 3 is 1.67 bits per heavy atom. The van der Waals surface area contributed by atoms with Crippen LogP contribution >= 0.6 is 0 Å². The molecule has 0 spiro atoms. The molecule has 0 atom stereocenters.